The number of imidazole rings is 1. The van der Waals surface area contributed by atoms with Crippen LogP contribution < -0.4 is 10.2 Å². The monoisotopic (exact) mass is 404 g/mol. The Kier molecular flexibility index (Phi) is 5.21. The number of likely N-dealkylation sites (tertiary alicyclic amines) is 1. The van der Waals surface area contributed by atoms with Crippen molar-refractivity contribution in [2.24, 2.45) is 0 Å². The summed E-state index contributed by atoms with van der Waals surface area (Å²) in [5, 5.41) is 3.54. The number of fused-ring (bicyclic) bond motifs is 1. The third-order valence-corrected chi connectivity index (χ3v) is 6.84. The minimum Gasteiger partial charge on any atom is -0.367 e. The fraction of sp³-hybridized carbons (Fsp3) is 0.500. The zero-order valence-electron chi connectivity index (χ0n) is 18.2. The molecule has 2 aliphatic rings. The molecule has 3 atom stereocenters. The van der Waals surface area contributed by atoms with Crippen molar-refractivity contribution in [3.8, 4) is 0 Å². The average molecular weight is 405 g/mol. The lowest BCUT2D eigenvalue weighted by Gasteiger charge is -2.38. The van der Waals surface area contributed by atoms with Crippen molar-refractivity contribution in [1.82, 2.24) is 25.2 Å². The van der Waals surface area contributed by atoms with Gasteiger partial charge in [0.25, 0.3) is 0 Å². The summed E-state index contributed by atoms with van der Waals surface area (Å²) in [6.45, 7) is 7.50. The number of nitrogens with zero attached hydrogens (tertiary/aromatic N) is 4. The van der Waals surface area contributed by atoms with Crippen LogP contribution in [0.3, 0.4) is 0 Å². The second-order valence-electron chi connectivity index (χ2n) is 8.93. The zero-order valence-corrected chi connectivity index (χ0v) is 18.2. The van der Waals surface area contributed by atoms with Crippen molar-refractivity contribution < 1.29 is 0 Å². The fourth-order valence-electron chi connectivity index (χ4n) is 5.24. The maximum atomic E-state index is 5.05. The average Bonchev–Trinajstić information content (AvgIpc) is 3.18. The fourth-order valence-corrected chi connectivity index (χ4v) is 5.24. The van der Waals surface area contributed by atoms with Gasteiger partial charge in [0, 0.05) is 31.9 Å². The summed E-state index contributed by atoms with van der Waals surface area (Å²) in [6, 6.07) is 11.8. The smallest absolute Gasteiger partial charge is 0.124 e. The number of aromatic amines is 1. The first-order chi connectivity index (χ1) is 14.6. The Bertz CT molecular complexity index is 1030. The molecular weight excluding hydrogens is 372 g/mol. The van der Waals surface area contributed by atoms with Crippen LogP contribution >= 0.6 is 0 Å². The van der Waals surface area contributed by atoms with Crippen LogP contribution in [-0.4, -0.2) is 52.6 Å². The van der Waals surface area contributed by atoms with Crippen molar-refractivity contribution in [3.63, 3.8) is 0 Å². The van der Waals surface area contributed by atoms with E-state index in [-0.39, 0.29) is 6.04 Å². The Morgan fingerprint density at radius 3 is 2.80 bits per heavy atom. The maximum absolute atomic E-state index is 5.05. The van der Waals surface area contributed by atoms with E-state index in [2.05, 4.69) is 65.3 Å². The molecule has 2 fully saturated rings. The summed E-state index contributed by atoms with van der Waals surface area (Å²) < 4.78 is 0. The van der Waals surface area contributed by atoms with Gasteiger partial charge in [0.15, 0.2) is 0 Å². The number of nitrogens with one attached hydrogen (secondary N) is 2. The van der Waals surface area contributed by atoms with E-state index >= 15 is 0 Å². The number of para-hydroxylation sites is 1. The molecule has 0 bridgehead atoms. The van der Waals surface area contributed by atoms with E-state index in [1.165, 1.54) is 28.9 Å². The van der Waals surface area contributed by atoms with Crippen LogP contribution in [0, 0.1) is 6.92 Å². The molecule has 5 rings (SSSR count). The first-order valence-corrected chi connectivity index (χ1v) is 11.2. The number of anilines is 1. The molecular formula is C24H32N6. The highest BCUT2D eigenvalue weighted by molar-refractivity contribution is 5.89. The molecule has 2 N–H and O–H groups in total. The van der Waals surface area contributed by atoms with Crippen LogP contribution in [0.4, 0.5) is 5.69 Å². The number of aromatic nitrogens is 3. The van der Waals surface area contributed by atoms with Gasteiger partial charge in [0.05, 0.1) is 34.5 Å². The number of hydrogen-bond acceptors (Lipinski definition) is 5. The number of aryl methyl sites for hydroxylation is 1. The van der Waals surface area contributed by atoms with Crippen LogP contribution in [0.1, 0.15) is 55.4 Å². The van der Waals surface area contributed by atoms with Gasteiger partial charge >= 0.3 is 0 Å². The molecule has 1 unspecified atom stereocenters. The summed E-state index contributed by atoms with van der Waals surface area (Å²) in [4.78, 5) is 18.5. The Hall–Kier alpha value is -2.44. The molecule has 158 valence electrons. The molecule has 0 radical (unpaired) electrons. The van der Waals surface area contributed by atoms with Crippen LogP contribution in [0.25, 0.3) is 11.0 Å². The van der Waals surface area contributed by atoms with Crippen molar-refractivity contribution in [2.45, 2.75) is 51.2 Å². The van der Waals surface area contributed by atoms with Gasteiger partial charge in [-0.1, -0.05) is 12.1 Å². The second-order valence-corrected chi connectivity index (χ2v) is 8.93. The third kappa shape index (κ3) is 3.48. The number of rotatable bonds is 3. The predicted molar refractivity (Wildman–Crippen MR) is 122 cm³/mol. The number of piperazine rings is 1. The molecule has 30 heavy (non-hydrogen) atoms. The van der Waals surface area contributed by atoms with E-state index in [0.29, 0.717) is 12.1 Å². The normalized spacial score (nSPS) is 25.7. The molecule has 2 aromatic heterocycles. The maximum Gasteiger partial charge on any atom is 0.124 e. The van der Waals surface area contributed by atoms with Crippen molar-refractivity contribution >= 4 is 16.7 Å². The van der Waals surface area contributed by atoms with Crippen molar-refractivity contribution in [1.29, 1.82) is 0 Å². The Morgan fingerprint density at radius 2 is 1.97 bits per heavy atom. The number of hydrogen-bond donors (Lipinski definition) is 2. The highest BCUT2D eigenvalue weighted by Crippen LogP contribution is 2.40. The predicted octanol–water partition coefficient (Wildman–Crippen LogP) is 3.96. The highest BCUT2D eigenvalue weighted by Gasteiger charge is 2.33. The van der Waals surface area contributed by atoms with E-state index in [4.69, 9.17) is 9.97 Å². The van der Waals surface area contributed by atoms with Gasteiger partial charge in [0.1, 0.15) is 5.82 Å². The number of benzene rings is 1. The minimum absolute atomic E-state index is 0.285. The lowest BCUT2D eigenvalue weighted by atomic mass is 9.92. The lowest BCUT2D eigenvalue weighted by Crippen LogP contribution is -2.49. The summed E-state index contributed by atoms with van der Waals surface area (Å²) in [6.07, 6.45) is 5.38. The van der Waals surface area contributed by atoms with E-state index < -0.39 is 0 Å². The summed E-state index contributed by atoms with van der Waals surface area (Å²) in [5.74, 6) is 1.08. The molecule has 0 saturated carbocycles. The summed E-state index contributed by atoms with van der Waals surface area (Å²) in [5.41, 5.74) is 5.99. The zero-order chi connectivity index (χ0) is 20.7. The van der Waals surface area contributed by atoms with E-state index in [0.717, 1.165) is 43.8 Å². The first kappa shape index (κ1) is 19.5. The lowest BCUT2D eigenvalue weighted by molar-refractivity contribution is 0.107. The molecule has 2 aliphatic heterocycles. The molecule has 6 nitrogen and oxygen atoms in total. The highest BCUT2D eigenvalue weighted by atomic mass is 15.2. The topological polar surface area (TPSA) is 60.1 Å². The number of H-pyrrole nitrogens is 1. The molecule has 3 aromatic rings. The SMILES string of the molecule is Cc1cccnc1[C@@H]1CCC[C@H](c2nc3cccc(N4CCNC(C)C4)c3[nH]2)N1C. The van der Waals surface area contributed by atoms with Gasteiger partial charge in [0.2, 0.25) is 0 Å². The van der Waals surface area contributed by atoms with Gasteiger partial charge < -0.3 is 15.2 Å². The second kappa shape index (κ2) is 8.00. The van der Waals surface area contributed by atoms with Crippen molar-refractivity contribution in [3.05, 3.63) is 53.6 Å². The van der Waals surface area contributed by atoms with Crippen LogP contribution in [0.15, 0.2) is 36.5 Å². The Balaban J connectivity index is 1.47. The van der Waals surface area contributed by atoms with Gasteiger partial charge in [-0.05, 0) is 63.9 Å². The molecule has 4 heterocycles. The summed E-state index contributed by atoms with van der Waals surface area (Å²) in [7, 11) is 2.23. The van der Waals surface area contributed by atoms with E-state index in [1.807, 2.05) is 12.3 Å². The van der Waals surface area contributed by atoms with Crippen molar-refractivity contribution in [2.75, 3.05) is 31.6 Å². The number of piperidine rings is 1. The minimum atomic E-state index is 0.285. The molecule has 1 aromatic carbocycles. The Labute approximate surface area is 178 Å². The van der Waals surface area contributed by atoms with E-state index in [9.17, 15) is 0 Å². The molecule has 0 amide bonds. The molecule has 0 aliphatic carbocycles. The van der Waals surface area contributed by atoms with Gasteiger partial charge in [-0.15, -0.1) is 0 Å². The molecule has 0 spiro atoms. The quantitative estimate of drug-likeness (QED) is 0.692. The first-order valence-electron chi connectivity index (χ1n) is 11.2. The third-order valence-electron chi connectivity index (χ3n) is 6.84. The van der Waals surface area contributed by atoms with Crippen LogP contribution in [0.2, 0.25) is 0 Å². The standard InChI is InChI=1S/C24H32N6/c1-16-7-6-12-26-22(16)19-9-5-11-21(29(19)3)24-27-18-8-4-10-20(23(18)28-24)30-14-13-25-17(2)15-30/h4,6-8,10,12,17,19,21,25H,5,9,11,13-15H2,1-3H3,(H,27,28)/t17?,19-,21+/m0/s1. The van der Waals surface area contributed by atoms with Crippen LogP contribution in [-0.2, 0) is 0 Å². The largest absolute Gasteiger partial charge is 0.367 e. The number of pyridine rings is 1. The van der Waals surface area contributed by atoms with Gasteiger partial charge in [-0.25, -0.2) is 4.98 Å². The van der Waals surface area contributed by atoms with E-state index in [1.54, 1.807) is 0 Å². The summed E-state index contributed by atoms with van der Waals surface area (Å²) >= 11 is 0. The van der Waals surface area contributed by atoms with Gasteiger partial charge in [-0.3, -0.25) is 9.88 Å². The molecule has 6 heteroatoms. The Morgan fingerprint density at radius 1 is 1.10 bits per heavy atom. The van der Waals surface area contributed by atoms with Gasteiger partial charge in [-0.2, -0.15) is 0 Å². The molecule has 2 saturated heterocycles. The van der Waals surface area contributed by atoms with Crippen LogP contribution in [0.5, 0.6) is 0 Å².